The van der Waals surface area contributed by atoms with E-state index < -0.39 is 0 Å². The Morgan fingerprint density at radius 1 is 0.304 bits per heavy atom. The molecule has 4 heterocycles. The molecule has 0 amide bonds. The fourth-order valence-corrected chi connectivity index (χ4v) is 8.31. The molecule has 0 spiro atoms. The average molecular weight is 715 g/mol. The molecule has 0 unspecified atom stereocenters. The first-order valence-electron chi connectivity index (χ1n) is 19.0. The van der Waals surface area contributed by atoms with Gasteiger partial charge in [-0.25, -0.2) is 4.98 Å². The van der Waals surface area contributed by atoms with Crippen LogP contribution in [0.3, 0.4) is 0 Å². The van der Waals surface area contributed by atoms with E-state index in [1.54, 1.807) is 0 Å². The SMILES string of the molecule is c1ccc(-c2cc(-c3ccccc3)nc(-c3ccc(-n4c5cc(-c6ccc7c(c6)c6ccccc6n7-c6ccccc6)ccc5c5ncccc54)cc3)c2)cc1. The monoisotopic (exact) mass is 714 g/mol. The summed E-state index contributed by atoms with van der Waals surface area (Å²) in [5, 5.41) is 3.60. The molecular weight excluding hydrogens is 681 g/mol. The third-order valence-corrected chi connectivity index (χ3v) is 11.0. The van der Waals surface area contributed by atoms with Crippen LogP contribution in [0.5, 0.6) is 0 Å². The van der Waals surface area contributed by atoms with Gasteiger partial charge in [0.2, 0.25) is 0 Å². The summed E-state index contributed by atoms with van der Waals surface area (Å²) in [6.45, 7) is 0. The second-order valence-corrected chi connectivity index (χ2v) is 14.3. The van der Waals surface area contributed by atoms with Crippen LogP contribution in [-0.2, 0) is 0 Å². The number of pyridine rings is 2. The predicted octanol–water partition coefficient (Wildman–Crippen LogP) is 13.3. The Hall–Kier alpha value is -7.56. The van der Waals surface area contributed by atoms with Crippen LogP contribution >= 0.6 is 0 Å². The Balaban J connectivity index is 1.03. The molecular formula is C52H34N4. The van der Waals surface area contributed by atoms with Crippen molar-refractivity contribution in [3.63, 3.8) is 0 Å². The number of para-hydroxylation sites is 2. The molecule has 0 saturated carbocycles. The van der Waals surface area contributed by atoms with Crippen LogP contribution in [-0.4, -0.2) is 19.1 Å². The lowest BCUT2D eigenvalue weighted by atomic mass is 10.00. The Bertz CT molecular complexity index is 3160. The van der Waals surface area contributed by atoms with Gasteiger partial charge in [0.15, 0.2) is 0 Å². The molecule has 0 aliphatic heterocycles. The van der Waals surface area contributed by atoms with Crippen molar-refractivity contribution in [2.24, 2.45) is 0 Å². The summed E-state index contributed by atoms with van der Waals surface area (Å²) in [5.41, 5.74) is 16.5. The maximum Gasteiger partial charge on any atom is 0.0963 e. The molecule has 4 heteroatoms. The van der Waals surface area contributed by atoms with Gasteiger partial charge in [0.05, 0.1) is 39.0 Å². The number of nitrogens with zero attached hydrogens (tertiary/aromatic N) is 4. The summed E-state index contributed by atoms with van der Waals surface area (Å²) in [6, 6.07) is 71.3. The van der Waals surface area contributed by atoms with E-state index in [-0.39, 0.29) is 0 Å². The van der Waals surface area contributed by atoms with Crippen molar-refractivity contribution >= 4 is 43.7 Å². The van der Waals surface area contributed by atoms with E-state index in [1.165, 1.54) is 32.9 Å². The molecule has 0 N–H and O–H groups in total. The van der Waals surface area contributed by atoms with Crippen LogP contribution in [0.4, 0.5) is 0 Å². The molecule has 262 valence electrons. The number of aromatic nitrogens is 4. The highest BCUT2D eigenvalue weighted by Gasteiger charge is 2.17. The summed E-state index contributed by atoms with van der Waals surface area (Å²) < 4.78 is 4.70. The minimum Gasteiger partial charge on any atom is -0.309 e. The zero-order valence-electron chi connectivity index (χ0n) is 30.4. The fraction of sp³-hybridized carbons (Fsp3) is 0. The minimum atomic E-state index is 0.937. The molecule has 11 rings (SSSR count). The first-order chi connectivity index (χ1) is 27.8. The normalized spacial score (nSPS) is 11.6. The Labute approximate surface area is 324 Å². The molecule has 0 atom stereocenters. The third-order valence-electron chi connectivity index (χ3n) is 11.0. The lowest BCUT2D eigenvalue weighted by Crippen LogP contribution is -1.95. The van der Waals surface area contributed by atoms with Crippen LogP contribution in [0.25, 0.3) is 99.9 Å². The molecule has 0 fully saturated rings. The average Bonchev–Trinajstić information content (AvgIpc) is 3.79. The largest absolute Gasteiger partial charge is 0.309 e. The Morgan fingerprint density at radius 2 is 0.857 bits per heavy atom. The number of hydrogen-bond donors (Lipinski definition) is 0. The van der Waals surface area contributed by atoms with E-state index in [0.717, 1.165) is 67.0 Å². The zero-order chi connectivity index (χ0) is 37.0. The quantitative estimate of drug-likeness (QED) is 0.172. The van der Waals surface area contributed by atoms with Crippen LogP contribution in [0.2, 0.25) is 0 Å². The molecule has 0 bridgehead atoms. The molecule has 11 aromatic rings. The highest BCUT2D eigenvalue weighted by Crippen LogP contribution is 2.38. The standard InChI is InChI=1S/C52H34N4/c1-4-13-35(14-5-1)40-32-46(36-15-6-2-7-16-36)54-47(33-40)37-22-26-42(27-23-37)56-50-21-12-30-53-52(50)44-28-24-39(34-51(44)56)38-25-29-49-45(31-38)43-19-10-11-20-48(43)55(49)41-17-8-3-9-18-41/h1-34H. The predicted molar refractivity (Wildman–Crippen MR) is 232 cm³/mol. The van der Waals surface area contributed by atoms with Crippen LogP contribution in [0.1, 0.15) is 0 Å². The van der Waals surface area contributed by atoms with Gasteiger partial charge < -0.3 is 9.13 Å². The van der Waals surface area contributed by atoms with Crippen molar-refractivity contribution in [3.05, 3.63) is 206 Å². The number of benzene rings is 7. The highest BCUT2D eigenvalue weighted by molar-refractivity contribution is 6.11. The zero-order valence-corrected chi connectivity index (χ0v) is 30.4. The number of fused-ring (bicyclic) bond motifs is 6. The van der Waals surface area contributed by atoms with Gasteiger partial charge in [0, 0.05) is 44.9 Å². The molecule has 4 aromatic heterocycles. The van der Waals surface area contributed by atoms with Gasteiger partial charge in [-0.3, -0.25) is 4.98 Å². The number of rotatable bonds is 6. The Kier molecular flexibility index (Phi) is 7.46. The van der Waals surface area contributed by atoms with Gasteiger partial charge in [-0.2, -0.15) is 0 Å². The van der Waals surface area contributed by atoms with Crippen molar-refractivity contribution in [3.8, 4) is 56.1 Å². The fourth-order valence-electron chi connectivity index (χ4n) is 8.31. The minimum absolute atomic E-state index is 0.937. The van der Waals surface area contributed by atoms with Gasteiger partial charge in [-0.05, 0) is 101 Å². The summed E-state index contributed by atoms with van der Waals surface area (Å²) in [5.74, 6) is 0. The van der Waals surface area contributed by atoms with Gasteiger partial charge in [-0.1, -0.05) is 121 Å². The second-order valence-electron chi connectivity index (χ2n) is 14.3. The van der Waals surface area contributed by atoms with Crippen molar-refractivity contribution in [2.45, 2.75) is 0 Å². The molecule has 56 heavy (non-hydrogen) atoms. The van der Waals surface area contributed by atoms with E-state index >= 15 is 0 Å². The lowest BCUT2D eigenvalue weighted by Gasteiger charge is -2.12. The second kappa shape index (κ2) is 13.1. The van der Waals surface area contributed by atoms with E-state index in [4.69, 9.17) is 9.97 Å². The Morgan fingerprint density at radius 3 is 1.62 bits per heavy atom. The van der Waals surface area contributed by atoms with Crippen LogP contribution < -0.4 is 0 Å². The maximum atomic E-state index is 5.18. The number of hydrogen-bond acceptors (Lipinski definition) is 2. The highest BCUT2D eigenvalue weighted by atomic mass is 15.0. The summed E-state index contributed by atoms with van der Waals surface area (Å²) in [7, 11) is 0. The van der Waals surface area contributed by atoms with Crippen LogP contribution in [0.15, 0.2) is 206 Å². The van der Waals surface area contributed by atoms with Crippen molar-refractivity contribution < 1.29 is 0 Å². The molecule has 4 nitrogen and oxygen atoms in total. The summed E-state index contributed by atoms with van der Waals surface area (Å²) in [4.78, 5) is 10.1. The maximum absolute atomic E-state index is 5.18. The summed E-state index contributed by atoms with van der Waals surface area (Å²) >= 11 is 0. The van der Waals surface area contributed by atoms with Gasteiger partial charge >= 0.3 is 0 Å². The van der Waals surface area contributed by atoms with Crippen molar-refractivity contribution in [1.29, 1.82) is 0 Å². The first-order valence-corrected chi connectivity index (χ1v) is 19.0. The van der Waals surface area contributed by atoms with E-state index in [1.807, 2.05) is 18.3 Å². The van der Waals surface area contributed by atoms with Crippen molar-refractivity contribution in [2.75, 3.05) is 0 Å². The smallest absolute Gasteiger partial charge is 0.0963 e. The molecule has 0 aliphatic rings. The van der Waals surface area contributed by atoms with Gasteiger partial charge in [0.25, 0.3) is 0 Å². The van der Waals surface area contributed by atoms with Gasteiger partial charge in [-0.15, -0.1) is 0 Å². The van der Waals surface area contributed by atoms with E-state index in [0.29, 0.717) is 0 Å². The lowest BCUT2D eigenvalue weighted by molar-refractivity contribution is 1.17. The van der Waals surface area contributed by atoms with E-state index in [9.17, 15) is 0 Å². The molecule has 0 radical (unpaired) electrons. The topological polar surface area (TPSA) is 35.6 Å². The summed E-state index contributed by atoms with van der Waals surface area (Å²) in [6.07, 6.45) is 1.88. The van der Waals surface area contributed by atoms with Crippen LogP contribution in [0, 0.1) is 0 Å². The molecule has 0 saturated heterocycles. The molecule has 7 aromatic carbocycles. The van der Waals surface area contributed by atoms with Gasteiger partial charge in [0.1, 0.15) is 0 Å². The first kappa shape index (κ1) is 31.9. The van der Waals surface area contributed by atoms with E-state index in [2.05, 4.69) is 197 Å². The third kappa shape index (κ3) is 5.31. The molecule has 0 aliphatic carbocycles. The van der Waals surface area contributed by atoms with Crippen molar-refractivity contribution in [1.82, 2.24) is 19.1 Å².